The summed E-state index contributed by atoms with van der Waals surface area (Å²) in [6.07, 6.45) is 0.298. The van der Waals surface area contributed by atoms with Crippen LogP contribution < -0.4 is 14.8 Å². The Morgan fingerprint density at radius 1 is 1.00 bits per heavy atom. The summed E-state index contributed by atoms with van der Waals surface area (Å²) in [6.45, 7) is 2.23. The van der Waals surface area contributed by atoms with Gasteiger partial charge in [-0.15, -0.1) is 0 Å². The van der Waals surface area contributed by atoms with Crippen LogP contribution in [-0.4, -0.2) is 38.9 Å². The van der Waals surface area contributed by atoms with Crippen molar-refractivity contribution in [2.24, 2.45) is 0 Å². The molecule has 34 heavy (non-hydrogen) atoms. The molecule has 1 aliphatic heterocycles. The number of rotatable bonds is 7. The second-order valence-corrected chi connectivity index (χ2v) is 10.1. The molecule has 0 fully saturated rings. The lowest BCUT2D eigenvalue weighted by molar-refractivity contribution is -0.125. The Morgan fingerprint density at radius 3 is 2.38 bits per heavy atom. The van der Waals surface area contributed by atoms with Gasteiger partial charge in [0.15, 0.2) is 0 Å². The third kappa shape index (κ3) is 4.78. The molecule has 3 aromatic carbocycles. The molecule has 0 radical (unpaired) electrons. The minimum Gasteiger partial charge on any atom is -0.497 e. The molecule has 1 heterocycles. The first-order chi connectivity index (χ1) is 16.3. The van der Waals surface area contributed by atoms with Gasteiger partial charge in [-0.3, -0.25) is 4.79 Å². The molecule has 3 aromatic rings. The molecule has 8 heteroatoms. The van der Waals surface area contributed by atoms with E-state index in [-0.39, 0.29) is 23.9 Å². The molecule has 0 spiro atoms. The van der Waals surface area contributed by atoms with Crippen LogP contribution in [0.5, 0.6) is 11.5 Å². The predicted octanol–water partition coefficient (Wildman–Crippen LogP) is 3.44. The lowest BCUT2D eigenvalue weighted by Gasteiger charge is -2.35. The summed E-state index contributed by atoms with van der Waals surface area (Å²) in [7, 11) is -0.770. The minimum absolute atomic E-state index is 0.135. The fourth-order valence-electron chi connectivity index (χ4n) is 4.12. The Kier molecular flexibility index (Phi) is 6.90. The summed E-state index contributed by atoms with van der Waals surface area (Å²) in [5.41, 5.74) is 3.60. The lowest BCUT2D eigenvalue weighted by atomic mass is 9.95. The van der Waals surface area contributed by atoms with Crippen molar-refractivity contribution in [3.05, 3.63) is 89.0 Å². The van der Waals surface area contributed by atoms with Crippen LogP contribution in [0.2, 0.25) is 0 Å². The van der Waals surface area contributed by atoms with Crippen molar-refractivity contribution >= 4 is 15.9 Å². The summed E-state index contributed by atoms with van der Waals surface area (Å²) in [4.78, 5) is 13.5. The van der Waals surface area contributed by atoms with E-state index in [2.05, 4.69) is 5.32 Å². The quantitative estimate of drug-likeness (QED) is 0.560. The van der Waals surface area contributed by atoms with Crippen LogP contribution in [0.25, 0.3) is 0 Å². The zero-order valence-corrected chi connectivity index (χ0v) is 20.3. The molecular formula is C26H28N2O5S. The number of benzene rings is 3. The van der Waals surface area contributed by atoms with E-state index in [0.29, 0.717) is 17.9 Å². The molecule has 0 unspecified atom stereocenters. The molecule has 0 aliphatic carbocycles. The van der Waals surface area contributed by atoms with Crippen molar-refractivity contribution < 1.29 is 22.7 Å². The molecule has 1 atom stereocenters. The van der Waals surface area contributed by atoms with Gasteiger partial charge in [-0.05, 0) is 48.7 Å². The van der Waals surface area contributed by atoms with E-state index in [1.807, 2.05) is 37.3 Å². The van der Waals surface area contributed by atoms with Gasteiger partial charge < -0.3 is 14.8 Å². The van der Waals surface area contributed by atoms with Gasteiger partial charge in [0.25, 0.3) is 0 Å². The van der Waals surface area contributed by atoms with Gasteiger partial charge in [-0.1, -0.05) is 42.0 Å². The molecule has 0 aromatic heterocycles. The molecular weight excluding hydrogens is 452 g/mol. The standard InChI is InChI=1S/C26H28N2O5S/c1-18-8-12-23(13-9-18)34(30,31)28-17-21-7-5-4-6-19(21)14-24(28)26(29)27-16-20-10-11-22(32-2)15-25(20)33-3/h4-13,15,24H,14,16-17H2,1-3H3,(H,27,29)/t24-/m1/s1. The SMILES string of the molecule is COc1ccc(CNC(=O)[C@H]2Cc3ccccc3CN2S(=O)(=O)c2ccc(C)cc2)c(OC)c1. The van der Waals surface area contributed by atoms with E-state index in [4.69, 9.17) is 9.47 Å². The number of fused-ring (bicyclic) bond motifs is 1. The average Bonchev–Trinajstić information content (AvgIpc) is 2.86. The van der Waals surface area contributed by atoms with Crippen LogP contribution in [-0.2, 0) is 34.3 Å². The van der Waals surface area contributed by atoms with Gasteiger partial charge in [-0.2, -0.15) is 4.31 Å². The summed E-state index contributed by atoms with van der Waals surface area (Å²) >= 11 is 0. The van der Waals surface area contributed by atoms with Gasteiger partial charge in [0.05, 0.1) is 19.1 Å². The van der Waals surface area contributed by atoms with Crippen LogP contribution in [0, 0.1) is 6.92 Å². The van der Waals surface area contributed by atoms with Crippen LogP contribution in [0.15, 0.2) is 71.6 Å². The van der Waals surface area contributed by atoms with E-state index in [0.717, 1.165) is 22.3 Å². The lowest BCUT2D eigenvalue weighted by Crippen LogP contribution is -2.52. The summed E-state index contributed by atoms with van der Waals surface area (Å²) < 4.78 is 39.1. The van der Waals surface area contributed by atoms with Crippen molar-refractivity contribution in [1.82, 2.24) is 9.62 Å². The fourth-order valence-corrected chi connectivity index (χ4v) is 5.68. The van der Waals surface area contributed by atoms with E-state index in [1.165, 1.54) is 4.31 Å². The number of methoxy groups -OCH3 is 2. The van der Waals surface area contributed by atoms with E-state index < -0.39 is 16.1 Å². The third-order valence-corrected chi connectivity index (χ3v) is 7.95. The summed E-state index contributed by atoms with van der Waals surface area (Å²) in [5, 5.41) is 2.91. The normalized spacial score (nSPS) is 15.9. The van der Waals surface area contributed by atoms with Crippen LogP contribution in [0.1, 0.15) is 22.3 Å². The molecule has 1 amide bonds. The largest absolute Gasteiger partial charge is 0.497 e. The maximum atomic E-state index is 13.6. The number of carbonyl (C=O) groups is 1. The van der Waals surface area contributed by atoms with Crippen molar-refractivity contribution in [2.45, 2.75) is 37.4 Å². The third-order valence-electron chi connectivity index (χ3n) is 6.08. The van der Waals surface area contributed by atoms with Gasteiger partial charge in [-0.25, -0.2) is 8.42 Å². The maximum Gasteiger partial charge on any atom is 0.244 e. The number of hydrogen-bond donors (Lipinski definition) is 1. The Morgan fingerprint density at radius 2 is 1.71 bits per heavy atom. The van der Waals surface area contributed by atoms with Gasteiger partial charge in [0.1, 0.15) is 17.5 Å². The highest BCUT2D eigenvalue weighted by Gasteiger charge is 2.39. The van der Waals surface area contributed by atoms with Crippen molar-refractivity contribution in [1.29, 1.82) is 0 Å². The number of amides is 1. The molecule has 178 valence electrons. The number of nitrogens with zero attached hydrogens (tertiary/aromatic N) is 1. The number of carbonyl (C=O) groups excluding carboxylic acids is 1. The van der Waals surface area contributed by atoms with Crippen molar-refractivity contribution in [2.75, 3.05) is 14.2 Å². The van der Waals surface area contributed by atoms with Gasteiger partial charge in [0, 0.05) is 24.7 Å². The van der Waals surface area contributed by atoms with Crippen LogP contribution >= 0.6 is 0 Å². The van der Waals surface area contributed by atoms with E-state index in [9.17, 15) is 13.2 Å². The zero-order valence-electron chi connectivity index (χ0n) is 19.4. The molecule has 0 saturated heterocycles. The van der Waals surface area contributed by atoms with E-state index >= 15 is 0 Å². The summed E-state index contributed by atoms with van der Waals surface area (Å²) in [5.74, 6) is 0.868. The topological polar surface area (TPSA) is 84.9 Å². The monoisotopic (exact) mass is 480 g/mol. The number of hydrogen-bond acceptors (Lipinski definition) is 5. The average molecular weight is 481 g/mol. The Hall–Kier alpha value is -3.36. The van der Waals surface area contributed by atoms with Gasteiger partial charge >= 0.3 is 0 Å². The maximum absolute atomic E-state index is 13.6. The number of sulfonamides is 1. The molecule has 0 bridgehead atoms. The molecule has 0 saturated carbocycles. The first-order valence-electron chi connectivity index (χ1n) is 11.0. The molecule has 1 aliphatic rings. The Balaban J connectivity index is 1.62. The predicted molar refractivity (Wildman–Crippen MR) is 129 cm³/mol. The summed E-state index contributed by atoms with van der Waals surface area (Å²) in [6, 6.07) is 18.8. The molecule has 1 N–H and O–H groups in total. The molecule has 4 rings (SSSR count). The number of nitrogens with one attached hydrogen (secondary N) is 1. The number of ether oxygens (including phenoxy) is 2. The van der Waals surface area contributed by atoms with Crippen molar-refractivity contribution in [3.63, 3.8) is 0 Å². The zero-order chi connectivity index (χ0) is 24.3. The Bertz CT molecular complexity index is 1290. The van der Waals surface area contributed by atoms with Crippen LogP contribution in [0.4, 0.5) is 0 Å². The van der Waals surface area contributed by atoms with Crippen molar-refractivity contribution in [3.8, 4) is 11.5 Å². The molecule has 7 nitrogen and oxygen atoms in total. The number of aryl methyl sites for hydroxylation is 1. The Labute approximate surface area is 200 Å². The second kappa shape index (κ2) is 9.87. The van der Waals surface area contributed by atoms with E-state index in [1.54, 1.807) is 50.6 Å². The van der Waals surface area contributed by atoms with Crippen LogP contribution in [0.3, 0.4) is 0 Å². The highest BCUT2D eigenvalue weighted by Crippen LogP contribution is 2.30. The smallest absolute Gasteiger partial charge is 0.244 e. The minimum atomic E-state index is -3.89. The van der Waals surface area contributed by atoms with Gasteiger partial charge in [0.2, 0.25) is 15.9 Å². The highest BCUT2D eigenvalue weighted by atomic mass is 32.2. The fraction of sp³-hybridized carbons (Fsp3) is 0.269. The first kappa shape index (κ1) is 23.8. The first-order valence-corrected chi connectivity index (χ1v) is 12.4. The second-order valence-electron chi connectivity index (χ2n) is 8.25. The highest BCUT2D eigenvalue weighted by molar-refractivity contribution is 7.89.